The number of carbonyl (C=O) groups excluding carboxylic acids is 1. The van der Waals surface area contributed by atoms with Gasteiger partial charge in [-0.05, 0) is 42.5 Å². The minimum Gasteiger partial charge on any atom is -0.461 e. The first-order chi connectivity index (χ1) is 13.5. The number of aromatic nitrogens is 1. The lowest BCUT2D eigenvalue weighted by Crippen LogP contribution is -2.10. The van der Waals surface area contributed by atoms with Gasteiger partial charge in [0.05, 0.1) is 6.42 Å². The van der Waals surface area contributed by atoms with E-state index in [9.17, 15) is 9.59 Å². The van der Waals surface area contributed by atoms with E-state index in [1.807, 2.05) is 67.1 Å². The maximum absolute atomic E-state index is 12.3. The van der Waals surface area contributed by atoms with Gasteiger partial charge in [0.2, 0.25) is 0 Å². The molecule has 0 N–H and O–H groups in total. The summed E-state index contributed by atoms with van der Waals surface area (Å²) >= 11 is 0. The zero-order valence-electron chi connectivity index (χ0n) is 15.9. The van der Waals surface area contributed by atoms with E-state index in [-0.39, 0.29) is 19.0 Å². The number of ether oxygens (including phenoxy) is 1. The van der Waals surface area contributed by atoms with Gasteiger partial charge in [0.1, 0.15) is 12.2 Å². The van der Waals surface area contributed by atoms with Crippen LogP contribution in [0, 0.1) is 13.8 Å². The molecular weight excluding hydrogens is 354 g/mol. The van der Waals surface area contributed by atoms with Gasteiger partial charge in [-0.2, -0.15) is 0 Å². The molecule has 4 aromatic rings. The molecule has 0 aliphatic rings. The van der Waals surface area contributed by atoms with E-state index in [1.54, 1.807) is 0 Å². The largest absolute Gasteiger partial charge is 0.461 e. The summed E-state index contributed by atoms with van der Waals surface area (Å²) in [5, 5.41) is 1.94. The molecule has 0 aliphatic carbocycles. The number of rotatable bonds is 5. The number of aryl methyl sites for hydroxylation is 3. The van der Waals surface area contributed by atoms with Gasteiger partial charge < -0.3 is 13.7 Å². The fourth-order valence-electron chi connectivity index (χ4n) is 3.42. The molecule has 5 heteroatoms. The standard InChI is InChI=1S/C23H21NO4/c1-15-7-8-19-18(13-22(26)28-23(19)16(15)2)14-27-21(25)10-12-24-11-9-17-5-3-4-6-20(17)24/h3-9,11,13H,10,12,14H2,1-2H3. The molecule has 0 radical (unpaired) electrons. The van der Waals surface area contributed by atoms with E-state index in [1.165, 1.54) is 6.07 Å². The monoisotopic (exact) mass is 375 g/mol. The summed E-state index contributed by atoms with van der Waals surface area (Å²) in [6.45, 7) is 4.47. The molecule has 0 bridgehead atoms. The zero-order valence-corrected chi connectivity index (χ0v) is 15.9. The normalized spacial score (nSPS) is 11.2. The van der Waals surface area contributed by atoms with Crippen molar-refractivity contribution in [2.24, 2.45) is 0 Å². The van der Waals surface area contributed by atoms with Crippen molar-refractivity contribution in [3.63, 3.8) is 0 Å². The lowest BCUT2D eigenvalue weighted by molar-refractivity contribution is -0.145. The van der Waals surface area contributed by atoms with E-state index in [0.29, 0.717) is 17.7 Å². The van der Waals surface area contributed by atoms with Crippen LogP contribution in [0.5, 0.6) is 0 Å². The quantitative estimate of drug-likeness (QED) is 0.381. The second-order valence-corrected chi connectivity index (χ2v) is 6.95. The SMILES string of the molecule is Cc1ccc2c(COC(=O)CCn3ccc4ccccc43)cc(=O)oc2c1C. The summed E-state index contributed by atoms with van der Waals surface area (Å²) < 4.78 is 12.8. The Bertz CT molecular complexity index is 1230. The summed E-state index contributed by atoms with van der Waals surface area (Å²) in [7, 11) is 0. The number of nitrogens with zero attached hydrogens (tertiary/aromatic N) is 1. The smallest absolute Gasteiger partial charge is 0.336 e. The molecule has 2 aromatic heterocycles. The number of esters is 1. The van der Waals surface area contributed by atoms with Crippen LogP contribution in [0.25, 0.3) is 21.9 Å². The predicted molar refractivity (Wildman–Crippen MR) is 108 cm³/mol. The molecule has 28 heavy (non-hydrogen) atoms. The maximum Gasteiger partial charge on any atom is 0.336 e. The molecule has 0 spiro atoms. The third-order valence-electron chi connectivity index (χ3n) is 5.14. The number of benzene rings is 2. The average molecular weight is 375 g/mol. The van der Waals surface area contributed by atoms with Crippen LogP contribution in [-0.2, 0) is 22.7 Å². The Labute approximate surface area is 162 Å². The molecule has 4 rings (SSSR count). The van der Waals surface area contributed by atoms with Crippen LogP contribution in [0.3, 0.4) is 0 Å². The fourth-order valence-corrected chi connectivity index (χ4v) is 3.42. The number of fused-ring (bicyclic) bond motifs is 2. The molecule has 0 aliphatic heterocycles. The molecule has 0 saturated heterocycles. The zero-order chi connectivity index (χ0) is 19.7. The van der Waals surface area contributed by atoms with Gasteiger partial charge in [0.15, 0.2) is 0 Å². The molecule has 5 nitrogen and oxygen atoms in total. The van der Waals surface area contributed by atoms with Crippen molar-refractivity contribution >= 4 is 27.8 Å². The highest BCUT2D eigenvalue weighted by atomic mass is 16.5. The third kappa shape index (κ3) is 3.43. The fraction of sp³-hybridized carbons (Fsp3) is 0.217. The van der Waals surface area contributed by atoms with Crippen molar-refractivity contribution < 1.29 is 13.9 Å². The Morgan fingerprint density at radius 2 is 1.93 bits per heavy atom. The van der Waals surface area contributed by atoms with Crippen LogP contribution < -0.4 is 5.63 Å². The van der Waals surface area contributed by atoms with Crippen LogP contribution in [-0.4, -0.2) is 10.5 Å². The molecule has 2 aromatic carbocycles. The van der Waals surface area contributed by atoms with Gasteiger partial charge >= 0.3 is 11.6 Å². The van der Waals surface area contributed by atoms with Crippen LogP contribution in [0.1, 0.15) is 23.1 Å². The van der Waals surface area contributed by atoms with Crippen molar-refractivity contribution in [1.82, 2.24) is 4.57 Å². The highest BCUT2D eigenvalue weighted by molar-refractivity contribution is 5.84. The Morgan fingerprint density at radius 1 is 1.11 bits per heavy atom. The summed E-state index contributed by atoms with van der Waals surface area (Å²) in [5.41, 5.74) is 3.83. The second-order valence-electron chi connectivity index (χ2n) is 6.95. The number of carbonyl (C=O) groups is 1. The van der Waals surface area contributed by atoms with E-state index >= 15 is 0 Å². The van der Waals surface area contributed by atoms with Gasteiger partial charge in [-0.1, -0.05) is 30.3 Å². The second kappa shape index (κ2) is 7.35. The van der Waals surface area contributed by atoms with Crippen molar-refractivity contribution in [2.45, 2.75) is 33.4 Å². The van der Waals surface area contributed by atoms with Crippen molar-refractivity contribution in [1.29, 1.82) is 0 Å². The van der Waals surface area contributed by atoms with Crippen molar-refractivity contribution in [3.05, 3.63) is 81.8 Å². The summed E-state index contributed by atoms with van der Waals surface area (Å²) in [4.78, 5) is 24.2. The summed E-state index contributed by atoms with van der Waals surface area (Å²) in [6.07, 6.45) is 2.23. The molecular formula is C23H21NO4. The lowest BCUT2D eigenvalue weighted by Gasteiger charge is -2.10. The Balaban J connectivity index is 1.46. The third-order valence-corrected chi connectivity index (χ3v) is 5.14. The molecule has 0 fully saturated rings. The van der Waals surface area contributed by atoms with Gasteiger partial charge in [-0.3, -0.25) is 4.79 Å². The van der Waals surface area contributed by atoms with E-state index in [0.717, 1.165) is 27.4 Å². The van der Waals surface area contributed by atoms with Crippen LogP contribution in [0.4, 0.5) is 0 Å². The Hall–Kier alpha value is -3.34. The molecule has 0 atom stereocenters. The average Bonchev–Trinajstić information content (AvgIpc) is 3.11. The molecule has 0 saturated carbocycles. The van der Waals surface area contributed by atoms with E-state index in [4.69, 9.17) is 9.15 Å². The van der Waals surface area contributed by atoms with Gasteiger partial charge in [-0.25, -0.2) is 4.79 Å². The number of para-hydroxylation sites is 1. The lowest BCUT2D eigenvalue weighted by atomic mass is 10.0. The van der Waals surface area contributed by atoms with Crippen LogP contribution in [0.2, 0.25) is 0 Å². The first kappa shape index (κ1) is 18.0. The highest BCUT2D eigenvalue weighted by Crippen LogP contribution is 2.24. The topological polar surface area (TPSA) is 61.4 Å². The predicted octanol–water partition coefficient (Wildman–Crippen LogP) is 4.50. The van der Waals surface area contributed by atoms with E-state index in [2.05, 4.69) is 0 Å². The van der Waals surface area contributed by atoms with Crippen molar-refractivity contribution in [3.8, 4) is 0 Å². The first-order valence-electron chi connectivity index (χ1n) is 9.25. The number of hydrogen-bond acceptors (Lipinski definition) is 4. The molecule has 0 unspecified atom stereocenters. The maximum atomic E-state index is 12.3. The minimum atomic E-state index is -0.439. The number of hydrogen-bond donors (Lipinski definition) is 0. The minimum absolute atomic E-state index is 0.0514. The Kier molecular flexibility index (Phi) is 4.74. The molecule has 142 valence electrons. The molecule has 0 amide bonds. The van der Waals surface area contributed by atoms with E-state index < -0.39 is 5.63 Å². The van der Waals surface area contributed by atoms with Crippen LogP contribution in [0.15, 0.2) is 63.9 Å². The summed E-state index contributed by atoms with van der Waals surface area (Å²) in [6, 6.07) is 15.3. The van der Waals surface area contributed by atoms with Gasteiger partial charge in [-0.15, -0.1) is 0 Å². The summed E-state index contributed by atoms with van der Waals surface area (Å²) in [5.74, 6) is -0.303. The molecule has 2 heterocycles. The van der Waals surface area contributed by atoms with Crippen LogP contribution >= 0.6 is 0 Å². The Morgan fingerprint density at radius 3 is 2.79 bits per heavy atom. The van der Waals surface area contributed by atoms with Gasteiger partial charge in [0.25, 0.3) is 0 Å². The van der Waals surface area contributed by atoms with Gasteiger partial charge in [0, 0.05) is 35.3 Å². The first-order valence-corrected chi connectivity index (χ1v) is 9.25. The highest BCUT2D eigenvalue weighted by Gasteiger charge is 2.12. The van der Waals surface area contributed by atoms with Crippen molar-refractivity contribution in [2.75, 3.05) is 0 Å².